The predicted octanol–water partition coefficient (Wildman–Crippen LogP) is 0.105. The van der Waals surface area contributed by atoms with Gasteiger partial charge in [0.15, 0.2) is 0 Å². The van der Waals surface area contributed by atoms with E-state index in [1.165, 1.54) is 4.90 Å². The summed E-state index contributed by atoms with van der Waals surface area (Å²) in [6.07, 6.45) is 0.274. The predicted molar refractivity (Wildman–Crippen MR) is 90.0 cm³/mol. The van der Waals surface area contributed by atoms with Crippen LogP contribution >= 0.6 is 0 Å². The fourth-order valence-electron chi connectivity index (χ4n) is 2.59. The van der Waals surface area contributed by atoms with Crippen LogP contribution in [0.5, 0.6) is 0 Å². The third-order valence-electron chi connectivity index (χ3n) is 3.90. The standard InChI is InChI=1S/C17H21N3O6/c21-14(9-19-17(25)26-11-12-5-2-1-3-6-12)18-10-15(22)20-8-4-7-13(20)16(23)24/h1-3,5-6,13H,4,7-11H2,(H,18,21)(H,19,25)(H,23,24)/t13-/m0/s1. The number of carboxylic acids is 1. The third-order valence-corrected chi connectivity index (χ3v) is 3.90. The van der Waals surface area contributed by atoms with Crippen LogP contribution < -0.4 is 10.6 Å². The lowest BCUT2D eigenvalue weighted by Gasteiger charge is -2.21. The molecule has 0 unspecified atom stereocenters. The van der Waals surface area contributed by atoms with Crippen molar-refractivity contribution in [3.05, 3.63) is 35.9 Å². The number of ether oxygens (including phenoxy) is 1. The number of nitrogens with zero attached hydrogens (tertiary/aromatic N) is 1. The molecule has 0 aliphatic carbocycles. The molecule has 1 saturated heterocycles. The maximum atomic E-state index is 12.0. The molecule has 0 radical (unpaired) electrons. The molecule has 1 aliphatic heterocycles. The number of likely N-dealkylation sites (tertiary alicyclic amines) is 1. The van der Waals surface area contributed by atoms with E-state index < -0.39 is 29.9 Å². The fraction of sp³-hybridized carbons (Fsp3) is 0.412. The van der Waals surface area contributed by atoms with Gasteiger partial charge in [-0.15, -0.1) is 0 Å². The van der Waals surface area contributed by atoms with E-state index in [0.717, 1.165) is 5.56 Å². The van der Waals surface area contributed by atoms with Crippen molar-refractivity contribution in [1.82, 2.24) is 15.5 Å². The lowest BCUT2D eigenvalue weighted by Crippen LogP contribution is -2.47. The monoisotopic (exact) mass is 363 g/mol. The summed E-state index contributed by atoms with van der Waals surface area (Å²) in [7, 11) is 0. The van der Waals surface area contributed by atoms with Crippen molar-refractivity contribution in [2.75, 3.05) is 19.6 Å². The molecular formula is C17H21N3O6. The van der Waals surface area contributed by atoms with Crippen molar-refractivity contribution >= 4 is 23.9 Å². The lowest BCUT2D eigenvalue weighted by molar-refractivity contribution is -0.148. The zero-order valence-corrected chi connectivity index (χ0v) is 14.1. The van der Waals surface area contributed by atoms with Crippen LogP contribution in [0.15, 0.2) is 30.3 Å². The number of nitrogens with one attached hydrogen (secondary N) is 2. The Morgan fingerprint density at radius 1 is 1.12 bits per heavy atom. The first kappa shape index (κ1) is 19.2. The molecule has 1 atom stereocenters. The van der Waals surface area contributed by atoms with E-state index >= 15 is 0 Å². The number of benzene rings is 1. The minimum atomic E-state index is -1.05. The highest BCUT2D eigenvalue weighted by molar-refractivity contribution is 5.89. The highest BCUT2D eigenvalue weighted by Gasteiger charge is 2.33. The molecule has 1 aromatic carbocycles. The number of alkyl carbamates (subject to hydrolysis) is 1. The van der Waals surface area contributed by atoms with Crippen molar-refractivity contribution in [2.24, 2.45) is 0 Å². The molecule has 3 N–H and O–H groups in total. The van der Waals surface area contributed by atoms with E-state index in [1.807, 2.05) is 18.2 Å². The van der Waals surface area contributed by atoms with E-state index in [4.69, 9.17) is 9.84 Å². The molecule has 0 saturated carbocycles. The van der Waals surface area contributed by atoms with Gasteiger partial charge in [0.25, 0.3) is 0 Å². The quantitative estimate of drug-likeness (QED) is 0.631. The second-order valence-electron chi connectivity index (χ2n) is 5.78. The second-order valence-corrected chi connectivity index (χ2v) is 5.78. The zero-order chi connectivity index (χ0) is 18.9. The van der Waals surface area contributed by atoms with Crippen molar-refractivity contribution in [2.45, 2.75) is 25.5 Å². The van der Waals surface area contributed by atoms with Gasteiger partial charge in [0.1, 0.15) is 19.2 Å². The van der Waals surface area contributed by atoms with Gasteiger partial charge in [-0.1, -0.05) is 30.3 Å². The van der Waals surface area contributed by atoms with Crippen LogP contribution in [0.4, 0.5) is 4.79 Å². The molecule has 1 fully saturated rings. The summed E-state index contributed by atoms with van der Waals surface area (Å²) < 4.78 is 4.96. The zero-order valence-electron chi connectivity index (χ0n) is 14.1. The topological polar surface area (TPSA) is 125 Å². The van der Waals surface area contributed by atoms with Gasteiger partial charge in [-0.05, 0) is 18.4 Å². The van der Waals surface area contributed by atoms with Crippen molar-refractivity contribution < 1.29 is 29.0 Å². The molecule has 0 aromatic heterocycles. The highest BCUT2D eigenvalue weighted by atomic mass is 16.5. The van der Waals surface area contributed by atoms with E-state index in [0.29, 0.717) is 19.4 Å². The van der Waals surface area contributed by atoms with Crippen LogP contribution in [0.2, 0.25) is 0 Å². The molecule has 140 valence electrons. The molecule has 1 aromatic rings. The first-order valence-electron chi connectivity index (χ1n) is 8.21. The fourth-order valence-corrected chi connectivity index (χ4v) is 2.59. The summed E-state index contributed by atoms with van der Waals surface area (Å²) in [4.78, 5) is 47.5. The van der Waals surface area contributed by atoms with Crippen LogP contribution in [-0.4, -0.2) is 59.6 Å². The number of carbonyl (C=O) groups excluding carboxylic acids is 3. The van der Waals surface area contributed by atoms with Gasteiger partial charge in [0.2, 0.25) is 11.8 Å². The molecule has 0 spiro atoms. The summed E-state index contributed by atoms with van der Waals surface area (Å²) in [6, 6.07) is 8.23. The minimum absolute atomic E-state index is 0.0817. The highest BCUT2D eigenvalue weighted by Crippen LogP contribution is 2.17. The van der Waals surface area contributed by atoms with Crippen molar-refractivity contribution in [3.8, 4) is 0 Å². The van der Waals surface area contributed by atoms with E-state index in [9.17, 15) is 19.2 Å². The molecular weight excluding hydrogens is 342 g/mol. The SMILES string of the molecule is O=C(CNC(=O)OCc1ccccc1)NCC(=O)N1CCC[C@H]1C(=O)O. The minimum Gasteiger partial charge on any atom is -0.480 e. The number of carboxylic acid groups (broad SMARTS) is 1. The second kappa shape index (κ2) is 9.40. The van der Waals surface area contributed by atoms with Gasteiger partial charge in [-0.25, -0.2) is 9.59 Å². The Labute approximate surface area is 150 Å². The normalized spacial score (nSPS) is 16.0. The summed E-state index contributed by atoms with van der Waals surface area (Å²) in [5, 5.41) is 13.7. The molecule has 26 heavy (non-hydrogen) atoms. The molecule has 9 heteroatoms. The molecule has 3 amide bonds. The summed E-state index contributed by atoms with van der Waals surface area (Å²) in [5.41, 5.74) is 0.816. The number of rotatable bonds is 7. The van der Waals surface area contributed by atoms with E-state index in [1.54, 1.807) is 12.1 Å². The summed E-state index contributed by atoms with van der Waals surface area (Å²) >= 11 is 0. The third kappa shape index (κ3) is 5.76. The average Bonchev–Trinajstić information content (AvgIpc) is 3.14. The van der Waals surface area contributed by atoms with Crippen LogP contribution in [0, 0.1) is 0 Å². The molecule has 2 rings (SSSR count). The van der Waals surface area contributed by atoms with Crippen LogP contribution in [0.3, 0.4) is 0 Å². The molecule has 1 aliphatic rings. The van der Waals surface area contributed by atoms with Gasteiger partial charge in [-0.3, -0.25) is 9.59 Å². The van der Waals surface area contributed by atoms with Gasteiger partial charge < -0.3 is 25.4 Å². The Morgan fingerprint density at radius 3 is 2.54 bits per heavy atom. The maximum absolute atomic E-state index is 12.0. The summed E-state index contributed by atoms with van der Waals surface area (Å²) in [6.45, 7) is -0.222. The number of hydrogen-bond donors (Lipinski definition) is 3. The smallest absolute Gasteiger partial charge is 0.407 e. The first-order valence-corrected chi connectivity index (χ1v) is 8.21. The van der Waals surface area contributed by atoms with Gasteiger partial charge in [0, 0.05) is 6.54 Å². The Kier molecular flexibility index (Phi) is 6.95. The Morgan fingerprint density at radius 2 is 1.85 bits per heavy atom. The number of amides is 3. The first-order chi connectivity index (χ1) is 12.5. The molecule has 0 bridgehead atoms. The molecule has 9 nitrogen and oxygen atoms in total. The number of hydrogen-bond acceptors (Lipinski definition) is 5. The van der Waals surface area contributed by atoms with Crippen LogP contribution in [0.25, 0.3) is 0 Å². The largest absolute Gasteiger partial charge is 0.480 e. The Bertz CT molecular complexity index is 664. The van der Waals surface area contributed by atoms with E-state index in [-0.39, 0.29) is 19.7 Å². The van der Waals surface area contributed by atoms with Crippen LogP contribution in [0.1, 0.15) is 18.4 Å². The lowest BCUT2D eigenvalue weighted by atomic mass is 10.2. The van der Waals surface area contributed by atoms with Gasteiger partial charge in [0.05, 0.1) is 6.54 Å². The average molecular weight is 363 g/mol. The number of carbonyl (C=O) groups is 4. The van der Waals surface area contributed by atoms with Crippen LogP contribution in [-0.2, 0) is 25.7 Å². The molecule has 1 heterocycles. The van der Waals surface area contributed by atoms with E-state index in [2.05, 4.69) is 10.6 Å². The van der Waals surface area contributed by atoms with Crippen molar-refractivity contribution in [3.63, 3.8) is 0 Å². The van der Waals surface area contributed by atoms with Gasteiger partial charge >= 0.3 is 12.1 Å². The Balaban J connectivity index is 1.64. The van der Waals surface area contributed by atoms with Crippen molar-refractivity contribution in [1.29, 1.82) is 0 Å². The Hall–Kier alpha value is -3.10. The van der Waals surface area contributed by atoms with Gasteiger partial charge in [-0.2, -0.15) is 0 Å². The maximum Gasteiger partial charge on any atom is 0.407 e. The summed E-state index contributed by atoms with van der Waals surface area (Å²) in [5.74, 6) is -2.08. The number of aliphatic carboxylic acids is 1.